The second-order valence-corrected chi connectivity index (χ2v) is 8.83. The summed E-state index contributed by atoms with van der Waals surface area (Å²) in [5.41, 5.74) is 1.73. The summed E-state index contributed by atoms with van der Waals surface area (Å²) in [4.78, 5) is 31.1. The van der Waals surface area contributed by atoms with E-state index in [4.69, 9.17) is 4.74 Å². The molecular weight excluding hydrogens is 422 g/mol. The van der Waals surface area contributed by atoms with Crippen LogP contribution in [0.2, 0.25) is 0 Å². The monoisotopic (exact) mass is 443 g/mol. The molecular formula is C20H22BrN5O2. The third-order valence-corrected chi connectivity index (χ3v) is 5.01. The maximum Gasteiger partial charge on any atom is 0.410 e. The molecule has 0 aliphatic carbocycles. The highest BCUT2D eigenvalue weighted by Crippen LogP contribution is 2.32. The van der Waals surface area contributed by atoms with Crippen LogP contribution in [0.25, 0.3) is 22.4 Å². The van der Waals surface area contributed by atoms with Gasteiger partial charge in [0.2, 0.25) is 0 Å². The number of nitrogens with zero attached hydrogens (tertiary/aromatic N) is 4. The van der Waals surface area contributed by atoms with E-state index in [0.29, 0.717) is 12.2 Å². The first-order valence-corrected chi connectivity index (χ1v) is 10.1. The van der Waals surface area contributed by atoms with Crippen LogP contribution >= 0.6 is 15.9 Å². The van der Waals surface area contributed by atoms with Gasteiger partial charge in [-0.15, -0.1) is 0 Å². The Morgan fingerprint density at radius 1 is 1.29 bits per heavy atom. The number of hydrogen-bond donors (Lipinski definition) is 1. The molecule has 0 bridgehead atoms. The largest absolute Gasteiger partial charge is 0.444 e. The lowest BCUT2D eigenvalue weighted by Crippen LogP contribution is -2.36. The van der Waals surface area contributed by atoms with Crippen molar-refractivity contribution in [2.75, 3.05) is 6.54 Å². The van der Waals surface area contributed by atoms with Crippen LogP contribution in [0.15, 0.2) is 35.1 Å². The second-order valence-electron chi connectivity index (χ2n) is 7.91. The summed E-state index contributed by atoms with van der Waals surface area (Å²) in [6, 6.07) is 5.79. The van der Waals surface area contributed by atoms with Crippen molar-refractivity contribution in [3.63, 3.8) is 0 Å². The number of carbonyl (C=O) groups is 1. The van der Waals surface area contributed by atoms with Gasteiger partial charge in [-0.05, 0) is 67.7 Å². The van der Waals surface area contributed by atoms with Crippen LogP contribution in [0, 0.1) is 0 Å². The van der Waals surface area contributed by atoms with Crippen molar-refractivity contribution < 1.29 is 9.53 Å². The smallest absolute Gasteiger partial charge is 0.410 e. The molecule has 1 atom stereocenters. The molecule has 1 fully saturated rings. The topological polar surface area (TPSA) is 84.0 Å². The first kappa shape index (κ1) is 18.9. The molecule has 4 heterocycles. The van der Waals surface area contributed by atoms with Crippen molar-refractivity contribution in [2.45, 2.75) is 45.3 Å². The minimum atomic E-state index is -0.518. The number of aromatic nitrogens is 4. The number of aromatic amines is 1. The highest BCUT2D eigenvalue weighted by molar-refractivity contribution is 9.10. The van der Waals surface area contributed by atoms with Gasteiger partial charge in [-0.1, -0.05) is 0 Å². The van der Waals surface area contributed by atoms with Crippen LogP contribution in [0.4, 0.5) is 4.79 Å². The van der Waals surface area contributed by atoms with E-state index in [0.717, 1.165) is 39.9 Å². The molecule has 0 spiro atoms. The Hall–Kier alpha value is -2.48. The fourth-order valence-electron chi connectivity index (χ4n) is 3.36. The number of likely N-dealkylation sites (tertiary alicyclic amines) is 1. The normalized spacial score (nSPS) is 17.3. The van der Waals surface area contributed by atoms with E-state index in [9.17, 15) is 4.79 Å². The number of nitrogens with one attached hydrogen (secondary N) is 1. The fraction of sp³-hybridized carbons (Fsp3) is 0.400. The number of carbonyl (C=O) groups excluding carboxylic acids is 1. The van der Waals surface area contributed by atoms with Crippen LogP contribution in [-0.4, -0.2) is 43.1 Å². The number of amides is 1. The zero-order valence-corrected chi connectivity index (χ0v) is 17.7. The van der Waals surface area contributed by atoms with E-state index in [2.05, 4.69) is 35.9 Å². The molecule has 3 aromatic heterocycles. The molecule has 0 aromatic carbocycles. The minimum Gasteiger partial charge on any atom is -0.444 e. The van der Waals surface area contributed by atoms with Crippen LogP contribution in [0.3, 0.4) is 0 Å². The molecule has 1 amide bonds. The Morgan fingerprint density at radius 3 is 2.89 bits per heavy atom. The van der Waals surface area contributed by atoms with Gasteiger partial charge in [-0.2, -0.15) is 0 Å². The summed E-state index contributed by atoms with van der Waals surface area (Å²) in [6.07, 6.45) is 4.97. The molecule has 7 nitrogen and oxygen atoms in total. The number of ether oxygens (including phenoxy) is 1. The average molecular weight is 444 g/mol. The van der Waals surface area contributed by atoms with E-state index in [1.807, 2.05) is 39.0 Å². The Bertz CT molecular complexity index is 1030. The van der Waals surface area contributed by atoms with Gasteiger partial charge in [-0.3, -0.25) is 4.90 Å². The summed E-state index contributed by atoms with van der Waals surface area (Å²) in [5.74, 6) is 0.754. The fourth-order valence-corrected chi connectivity index (χ4v) is 3.71. The standard InChI is InChI=1S/C20H22BrN5O2/c1-20(2,3)28-19(27)26-8-4-5-16(26)18-23-11-15(25-18)14-7-6-12-9-13(21)10-22-17(12)24-14/h6-7,9-11,16H,4-5,8H2,1-3H3,(H,23,25). The van der Waals surface area contributed by atoms with Crippen LogP contribution in [0.1, 0.15) is 45.5 Å². The lowest BCUT2D eigenvalue weighted by Gasteiger charge is -2.27. The van der Waals surface area contributed by atoms with Crippen LogP contribution < -0.4 is 0 Å². The zero-order chi connectivity index (χ0) is 19.9. The van der Waals surface area contributed by atoms with Crippen molar-refractivity contribution in [2.24, 2.45) is 0 Å². The van der Waals surface area contributed by atoms with Gasteiger partial charge in [-0.25, -0.2) is 19.7 Å². The number of halogens is 1. The van der Waals surface area contributed by atoms with E-state index in [1.54, 1.807) is 17.3 Å². The van der Waals surface area contributed by atoms with Crippen molar-refractivity contribution in [1.82, 2.24) is 24.8 Å². The van der Waals surface area contributed by atoms with E-state index >= 15 is 0 Å². The van der Waals surface area contributed by atoms with Gasteiger partial charge < -0.3 is 9.72 Å². The summed E-state index contributed by atoms with van der Waals surface area (Å²) in [5, 5.41) is 0.963. The number of fused-ring (bicyclic) bond motifs is 1. The third-order valence-electron chi connectivity index (χ3n) is 4.58. The summed E-state index contributed by atoms with van der Waals surface area (Å²) in [7, 11) is 0. The van der Waals surface area contributed by atoms with Crippen LogP contribution in [0.5, 0.6) is 0 Å². The SMILES string of the molecule is CC(C)(C)OC(=O)N1CCCC1c1ncc(-c2ccc3cc(Br)cnc3n2)[nH]1. The molecule has 1 aliphatic rings. The number of rotatable bonds is 2. The third kappa shape index (κ3) is 3.87. The van der Waals surface area contributed by atoms with Gasteiger partial charge in [0.25, 0.3) is 0 Å². The lowest BCUT2D eigenvalue weighted by atomic mass is 10.2. The highest BCUT2D eigenvalue weighted by Gasteiger charge is 2.34. The van der Waals surface area contributed by atoms with Gasteiger partial charge in [0.1, 0.15) is 11.4 Å². The molecule has 146 valence electrons. The number of H-pyrrole nitrogens is 1. The Balaban J connectivity index is 1.58. The van der Waals surface area contributed by atoms with E-state index in [1.165, 1.54) is 0 Å². The Labute approximate surface area is 171 Å². The predicted molar refractivity (Wildman–Crippen MR) is 110 cm³/mol. The van der Waals surface area contributed by atoms with Crippen molar-refractivity contribution >= 4 is 33.1 Å². The lowest BCUT2D eigenvalue weighted by molar-refractivity contribution is 0.0219. The second kappa shape index (κ2) is 7.16. The summed E-state index contributed by atoms with van der Waals surface area (Å²) >= 11 is 3.42. The van der Waals surface area contributed by atoms with Crippen molar-refractivity contribution in [1.29, 1.82) is 0 Å². The summed E-state index contributed by atoms with van der Waals surface area (Å²) in [6.45, 7) is 6.29. The maximum absolute atomic E-state index is 12.5. The molecule has 3 aromatic rings. The van der Waals surface area contributed by atoms with Gasteiger partial charge >= 0.3 is 6.09 Å². The zero-order valence-electron chi connectivity index (χ0n) is 16.1. The van der Waals surface area contributed by atoms with Crippen molar-refractivity contribution in [3.05, 3.63) is 40.9 Å². The first-order chi connectivity index (χ1) is 13.3. The van der Waals surface area contributed by atoms with Crippen molar-refractivity contribution in [3.8, 4) is 11.4 Å². The van der Waals surface area contributed by atoms with E-state index in [-0.39, 0.29) is 12.1 Å². The van der Waals surface area contributed by atoms with Gasteiger partial charge in [0.05, 0.1) is 23.6 Å². The molecule has 1 saturated heterocycles. The molecule has 0 radical (unpaired) electrons. The molecule has 4 rings (SSSR count). The molecule has 1 N–H and O–H groups in total. The minimum absolute atomic E-state index is 0.113. The van der Waals surface area contributed by atoms with E-state index < -0.39 is 5.60 Å². The van der Waals surface area contributed by atoms with Gasteiger partial charge in [0, 0.05) is 22.6 Å². The summed E-state index contributed by atoms with van der Waals surface area (Å²) < 4.78 is 6.46. The predicted octanol–water partition coefficient (Wildman–Crippen LogP) is 4.85. The van der Waals surface area contributed by atoms with Crippen LogP contribution in [-0.2, 0) is 4.74 Å². The Morgan fingerprint density at radius 2 is 2.11 bits per heavy atom. The number of pyridine rings is 2. The highest BCUT2D eigenvalue weighted by atomic mass is 79.9. The molecule has 0 saturated carbocycles. The first-order valence-electron chi connectivity index (χ1n) is 9.27. The molecule has 8 heteroatoms. The number of imidazole rings is 1. The molecule has 1 unspecified atom stereocenters. The maximum atomic E-state index is 12.5. The average Bonchev–Trinajstić information content (AvgIpc) is 3.29. The molecule has 28 heavy (non-hydrogen) atoms. The Kier molecular flexibility index (Phi) is 4.82. The molecule has 1 aliphatic heterocycles. The van der Waals surface area contributed by atoms with Gasteiger partial charge in [0.15, 0.2) is 5.65 Å². The number of hydrogen-bond acceptors (Lipinski definition) is 5. The quantitative estimate of drug-likeness (QED) is 0.611.